The summed E-state index contributed by atoms with van der Waals surface area (Å²) in [5.41, 5.74) is 2.99. The van der Waals surface area contributed by atoms with Crippen molar-refractivity contribution in [3.05, 3.63) is 42.3 Å². The van der Waals surface area contributed by atoms with Gasteiger partial charge in [0.2, 0.25) is 0 Å². The van der Waals surface area contributed by atoms with Crippen LogP contribution in [0.2, 0.25) is 0 Å². The summed E-state index contributed by atoms with van der Waals surface area (Å²) in [5, 5.41) is 3.56. The molecule has 2 rings (SSSR count). The van der Waals surface area contributed by atoms with Crippen LogP contribution >= 0.6 is 0 Å². The first-order chi connectivity index (χ1) is 6.92. The topological polar surface area (TPSA) is 12.0 Å². The van der Waals surface area contributed by atoms with Crippen molar-refractivity contribution >= 4 is 0 Å². The van der Waals surface area contributed by atoms with Crippen LogP contribution in [0.5, 0.6) is 0 Å². The minimum Gasteiger partial charge on any atom is -0.306 e. The van der Waals surface area contributed by atoms with E-state index in [0.29, 0.717) is 6.04 Å². The first-order valence-corrected chi connectivity index (χ1v) is 5.52. The van der Waals surface area contributed by atoms with E-state index < -0.39 is 0 Å². The fourth-order valence-corrected chi connectivity index (χ4v) is 2.16. The van der Waals surface area contributed by atoms with Crippen LogP contribution in [0.4, 0.5) is 0 Å². The van der Waals surface area contributed by atoms with Gasteiger partial charge in [0.25, 0.3) is 0 Å². The minimum atomic E-state index is 0.595. The van der Waals surface area contributed by atoms with Crippen LogP contribution in [0, 0.1) is 6.92 Å². The average Bonchev–Trinajstić information content (AvgIpc) is 2.63. The second-order valence-corrected chi connectivity index (χ2v) is 3.98. The molecule has 0 bridgehead atoms. The van der Waals surface area contributed by atoms with Gasteiger partial charge >= 0.3 is 0 Å². The highest BCUT2D eigenvalue weighted by molar-refractivity contribution is 5.33. The van der Waals surface area contributed by atoms with Gasteiger partial charge in [-0.25, -0.2) is 0 Å². The summed E-state index contributed by atoms with van der Waals surface area (Å²) in [6.45, 7) is 4.92. The number of rotatable bonds is 4. The van der Waals surface area contributed by atoms with Gasteiger partial charge in [-0.15, -0.1) is 0 Å². The van der Waals surface area contributed by atoms with Crippen molar-refractivity contribution in [1.82, 2.24) is 5.32 Å². The molecule has 0 saturated heterocycles. The van der Waals surface area contributed by atoms with Gasteiger partial charge in [-0.2, -0.15) is 0 Å². The Bertz CT molecular complexity index is 293. The number of hydrogen-bond donors (Lipinski definition) is 1. The number of hydrogen-bond acceptors (Lipinski definition) is 1. The normalized spacial score (nSPS) is 19.6. The molecule has 1 aliphatic rings. The maximum absolute atomic E-state index is 3.87. The van der Waals surface area contributed by atoms with E-state index in [1.54, 1.807) is 0 Å². The lowest BCUT2D eigenvalue weighted by Crippen LogP contribution is -2.11. The minimum absolute atomic E-state index is 0.595. The summed E-state index contributed by atoms with van der Waals surface area (Å²) in [6.07, 6.45) is 4.86. The highest BCUT2D eigenvalue weighted by Gasteiger charge is 2.19. The fourth-order valence-electron chi connectivity index (χ4n) is 2.16. The largest absolute Gasteiger partial charge is 0.306 e. The van der Waals surface area contributed by atoms with E-state index in [2.05, 4.69) is 36.5 Å². The third-order valence-corrected chi connectivity index (χ3v) is 2.96. The van der Waals surface area contributed by atoms with E-state index in [4.69, 9.17) is 0 Å². The van der Waals surface area contributed by atoms with Crippen molar-refractivity contribution in [3.63, 3.8) is 0 Å². The van der Waals surface area contributed by atoms with Crippen molar-refractivity contribution in [2.45, 2.75) is 38.3 Å². The molecule has 75 valence electrons. The maximum atomic E-state index is 3.87. The standard InChI is InChI=1S/C13H18N/c1-2-3-4-9-13-12-8-6-5-7-11(12)10-14-13/h5-8,13-14H,1-4,9-10H2. The lowest BCUT2D eigenvalue weighted by atomic mass is 10.0. The molecule has 1 unspecified atom stereocenters. The molecular formula is C13H18N. The first-order valence-electron chi connectivity index (χ1n) is 5.52. The predicted molar refractivity (Wildman–Crippen MR) is 59.8 cm³/mol. The number of fused-ring (bicyclic) bond motifs is 1. The molecule has 1 heterocycles. The van der Waals surface area contributed by atoms with E-state index in [1.807, 2.05) is 0 Å². The molecule has 1 nitrogen and oxygen atoms in total. The van der Waals surface area contributed by atoms with Gasteiger partial charge in [-0.1, -0.05) is 50.5 Å². The SMILES string of the molecule is [CH2]CCCCC1NCc2ccccc21. The highest BCUT2D eigenvalue weighted by atomic mass is 14.9. The van der Waals surface area contributed by atoms with Crippen LogP contribution in [0.15, 0.2) is 24.3 Å². The summed E-state index contributed by atoms with van der Waals surface area (Å²) in [6, 6.07) is 9.34. The van der Waals surface area contributed by atoms with Gasteiger partial charge in [0.15, 0.2) is 0 Å². The maximum Gasteiger partial charge on any atom is 0.0326 e. The Balaban J connectivity index is 1.96. The van der Waals surface area contributed by atoms with Crippen LogP contribution in [0.3, 0.4) is 0 Å². The smallest absolute Gasteiger partial charge is 0.0326 e. The van der Waals surface area contributed by atoms with Crippen LogP contribution < -0.4 is 5.32 Å². The van der Waals surface area contributed by atoms with Crippen LogP contribution in [0.25, 0.3) is 0 Å². The summed E-state index contributed by atoms with van der Waals surface area (Å²) >= 11 is 0. The zero-order valence-corrected chi connectivity index (χ0v) is 8.63. The van der Waals surface area contributed by atoms with Crippen molar-refractivity contribution in [3.8, 4) is 0 Å². The van der Waals surface area contributed by atoms with Crippen LogP contribution in [-0.2, 0) is 6.54 Å². The molecule has 1 N–H and O–H groups in total. The van der Waals surface area contributed by atoms with Crippen LogP contribution in [-0.4, -0.2) is 0 Å². The molecule has 1 atom stereocenters. The molecule has 0 aliphatic carbocycles. The molecule has 1 aromatic rings. The molecular weight excluding hydrogens is 170 g/mol. The monoisotopic (exact) mass is 188 g/mol. The van der Waals surface area contributed by atoms with Crippen molar-refractivity contribution in [2.24, 2.45) is 0 Å². The quantitative estimate of drug-likeness (QED) is 0.715. The molecule has 14 heavy (non-hydrogen) atoms. The Morgan fingerprint density at radius 1 is 1.29 bits per heavy atom. The molecule has 1 heteroatoms. The molecule has 0 amide bonds. The Labute approximate surface area is 86.5 Å². The second-order valence-electron chi connectivity index (χ2n) is 3.98. The van der Waals surface area contributed by atoms with Gasteiger partial charge < -0.3 is 5.32 Å². The van der Waals surface area contributed by atoms with Crippen LogP contribution in [0.1, 0.15) is 42.9 Å². The summed E-state index contributed by atoms with van der Waals surface area (Å²) in [5.74, 6) is 0. The lowest BCUT2D eigenvalue weighted by Gasteiger charge is -2.11. The number of nitrogens with one attached hydrogen (secondary N) is 1. The molecule has 0 aromatic heterocycles. The molecule has 1 aliphatic heterocycles. The summed E-state index contributed by atoms with van der Waals surface area (Å²) in [7, 11) is 0. The van der Waals surface area contributed by atoms with E-state index in [9.17, 15) is 0 Å². The molecule has 1 radical (unpaired) electrons. The Morgan fingerprint density at radius 2 is 2.14 bits per heavy atom. The third kappa shape index (κ3) is 1.98. The van der Waals surface area contributed by atoms with Gasteiger partial charge in [-0.05, 0) is 17.5 Å². The van der Waals surface area contributed by atoms with Gasteiger partial charge in [0.05, 0.1) is 0 Å². The zero-order chi connectivity index (χ0) is 9.80. The van der Waals surface area contributed by atoms with Gasteiger partial charge in [-0.3, -0.25) is 0 Å². The van der Waals surface area contributed by atoms with E-state index in [-0.39, 0.29) is 0 Å². The van der Waals surface area contributed by atoms with Crippen molar-refractivity contribution in [1.29, 1.82) is 0 Å². The summed E-state index contributed by atoms with van der Waals surface area (Å²) in [4.78, 5) is 0. The van der Waals surface area contributed by atoms with E-state index >= 15 is 0 Å². The van der Waals surface area contributed by atoms with Gasteiger partial charge in [0, 0.05) is 12.6 Å². The molecule has 1 aromatic carbocycles. The second kappa shape index (κ2) is 4.61. The van der Waals surface area contributed by atoms with E-state index in [0.717, 1.165) is 13.0 Å². The Hall–Kier alpha value is -0.820. The molecule has 0 fully saturated rings. The Kier molecular flexibility index (Phi) is 3.20. The number of benzene rings is 1. The average molecular weight is 188 g/mol. The summed E-state index contributed by atoms with van der Waals surface area (Å²) < 4.78 is 0. The van der Waals surface area contributed by atoms with Gasteiger partial charge in [0.1, 0.15) is 0 Å². The molecule has 0 saturated carbocycles. The molecule has 0 spiro atoms. The van der Waals surface area contributed by atoms with Crippen molar-refractivity contribution < 1.29 is 0 Å². The predicted octanol–water partition coefficient (Wildman–Crippen LogP) is 3.23. The Morgan fingerprint density at radius 3 is 3.00 bits per heavy atom. The zero-order valence-electron chi connectivity index (χ0n) is 8.63. The third-order valence-electron chi connectivity index (χ3n) is 2.96. The number of unbranched alkanes of at least 4 members (excludes halogenated alkanes) is 2. The lowest BCUT2D eigenvalue weighted by molar-refractivity contribution is 0.512. The fraction of sp³-hybridized carbons (Fsp3) is 0.462. The van der Waals surface area contributed by atoms with Crippen molar-refractivity contribution in [2.75, 3.05) is 0 Å². The van der Waals surface area contributed by atoms with E-state index in [1.165, 1.54) is 30.4 Å². The first kappa shape index (κ1) is 9.72. The highest BCUT2D eigenvalue weighted by Crippen LogP contribution is 2.28.